The molecule has 0 aliphatic carbocycles. The molecule has 2 aliphatic heterocycles. The maximum absolute atomic E-state index is 13.4. The minimum atomic E-state index is -0.510. The number of aromatic amines is 1. The van der Waals surface area contributed by atoms with Crippen LogP contribution in [0.5, 0.6) is 11.5 Å². The van der Waals surface area contributed by atoms with E-state index in [9.17, 15) is 9.18 Å². The fourth-order valence-corrected chi connectivity index (χ4v) is 5.38. The summed E-state index contributed by atoms with van der Waals surface area (Å²) in [5.41, 5.74) is 3.90. The topological polar surface area (TPSA) is 70.2 Å². The lowest BCUT2D eigenvalue weighted by atomic mass is 9.92. The molecule has 0 saturated heterocycles. The molecule has 9 heteroatoms. The summed E-state index contributed by atoms with van der Waals surface area (Å²) in [6.07, 6.45) is 7.64. The number of carbonyl (C=O) groups excluding carboxylic acids is 1. The largest absolute Gasteiger partial charge is 0.494 e. The fourth-order valence-electron chi connectivity index (χ4n) is 5.21. The summed E-state index contributed by atoms with van der Waals surface area (Å²) in [6.45, 7) is 1.71. The average molecular weight is 571 g/mol. The molecule has 3 heterocycles. The van der Waals surface area contributed by atoms with Crippen molar-refractivity contribution in [3.05, 3.63) is 113 Å². The van der Waals surface area contributed by atoms with Crippen LogP contribution < -0.4 is 9.47 Å². The molecule has 0 fully saturated rings. The second-order valence-electron chi connectivity index (χ2n) is 9.86. The Balaban J connectivity index is 1.22. The molecular formula is C32H28ClFN4O3. The number of H-pyrrole nitrogens is 1. The van der Waals surface area contributed by atoms with Crippen molar-refractivity contribution in [2.75, 3.05) is 19.7 Å². The number of hydrogen-bond donors (Lipinski definition) is 1. The molecule has 2 aliphatic rings. The number of rotatable bonds is 7. The van der Waals surface area contributed by atoms with Crippen LogP contribution in [0.3, 0.4) is 0 Å². The van der Waals surface area contributed by atoms with Gasteiger partial charge in [-0.2, -0.15) is 0 Å². The summed E-state index contributed by atoms with van der Waals surface area (Å²) >= 11 is 6.32. The van der Waals surface area contributed by atoms with Gasteiger partial charge in [-0.25, -0.2) is 9.18 Å². The number of aromatic nitrogens is 1. The van der Waals surface area contributed by atoms with Crippen molar-refractivity contribution >= 4 is 34.5 Å². The van der Waals surface area contributed by atoms with E-state index in [1.54, 1.807) is 4.90 Å². The minimum absolute atomic E-state index is 0.283. The molecule has 4 aromatic rings. The highest BCUT2D eigenvalue weighted by atomic mass is 35.5. The average Bonchev–Trinajstić information content (AvgIpc) is 3.15. The molecule has 3 aromatic carbocycles. The highest BCUT2D eigenvalue weighted by molar-refractivity contribution is 6.31. The van der Waals surface area contributed by atoms with Gasteiger partial charge in [-0.1, -0.05) is 29.8 Å². The lowest BCUT2D eigenvalue weighted by Gasteiger charge is -2.35. The van der Waals surface area contributed by atoms with Crippen LogP contribution in [0.15, 0.2) is 90.2 Å². The van der Waals surface area contributed by atoms with Gasteiger partial charge in [-0.15, -0.1) is 5.10 Å². The first kappa shape index (κ1) is 26.7. The Morgan fingerprint density at radius 2 is 1.90 bits per heavy atom. The summed E-state index contributed by atoms with van der Waals surface area (Å²) in [5.74, 6) is 3.53. The Morgan fingerprint density at radius 1 is 1.10 bits per heavy atom. The van der Waals surface area contributed by atoms with E-state index in [1.165, 1.54) is 24.3 Å². The first-order valence-corrected chi connectivity index (χ1v) is 13.9. The van der Waals surface area contributed by atoms with E-state index >= 15 is 0 Å². The highest BCUT2D eigenvalue weighted by Crippen LogP contribution is 2.40. The number of nitrogens with zero attached hydrogens (tertiary/aromatic N) is 3. The maximum Gasteiger partial charge on any atom is 0.416 e. The molecule has 0 saturated carbocycles. The van der Waals surface area contributed by atoms with Gasteiger partial charge in [0.25, 0.3) is 0 Å². The van der Waals surface area contributed by atoms with Gasteiger partial charge in [-0.05, 0) is 84.6 Å². The second kappa shape index (κ2) is 11.9. The molecule has 0 bridgehead atoms. The fraction of sp³-hybridized carbons (Fsp3) is 0.219. The van der Waals surface area contributed by atoms with E-state index in [-0.39, 0.29) is 5.75 Å². The molecule has 0 spiro atoms. The Kier molecular flexibility index (Phi) is 7.76. The van der Waals surface area contributed by atoms with Crippen LogP contribution in [0.2, 0.25) is 5.02 Å². The number of amides is 1. The van der Waals surface area contributed by atoms with Gasteiger partial charge in [0.05, 0.1) is 6.61 Å². The molecule has 208 valence electrons. The van der Waals surface area contributed by atoms with E-state index in [0.717, 1.165) is 52.9 Å². The molecule has 1 amide bonds. The van der Waals surface area contributed by atoms with Gasteiger partial charge in [-0.3, -0.25) is 9.91 Å². The molecule has 1 unspecified atom stereocenters. The highest BCUT2D eigenvalue weighted by Gasteiger charge is 2.35. The van der Waals surface area contributed by atoms with Crippen LogP contribution in [-0.2, 0) is 6.42 Å². The molecular weight excluding hydrogens is 543 g/mol. The zero-order valence-corrected chi connectivity index (χ0v) is 23.0. The minimum Gasteiger partial charge on any atom is -0.494 e. The van der Waals surface area contributed by atoms with Crippen LogP contribution in [0.1, 0.15) is 35.7 Å². The number of nitrogens with one attached hydrogen (secondary N) is 1. The van der Waals surface area contributed by atoms with E-state index in [4.69, 9.17) is 21.1 Å². The smallest absolute Gasteiger partial charge is 0.416 e. The number of halogens is 2. The molecule has 0 radical (unpaired) electrons. The van der Waals surface area contributed by atoms with E-state index < -0.39 is 18.0 Å². The van der Waals surface area contributed by atoms with Crippen LogP contribution >= 0.6 is 11.6 Å². The number of hydrazone groups is 1. The van der Waals surface area contributed by atoms with Crippen LogP contribution in [-0.4, -0.2) is 46.6 Å². The number of allylic oxidation sites excluding steroid dienone is 2. The Bertz CT molecular complexity index is 1640. The van der Waals surface area contributed by atoms with Gasteiger partial charge in [0.15, 0.2) is 0 Å². The molecule has 41 heavy (non-hydrogen) atoms. The van der Waals surface area contributed by atoms with Crippen molar-refractivity contribution in [3.63, 3.8) is 0 Å². The first-order chi connectivity index (χ1) is 20.0. The first-order valence-electron chi connectivity index (χ1n) is 13.5. The number of fused-ring (bicyclic) bond motifs is 3. The number of ether oxygens (including phenoxy) is 2. The number of hydrogen-bond acceptors (Lipinski definition) is 5. The lowest BCUT2D eigenvalue weighted by Crippen LogP contribution is -2.42. The third-order valence-electron chi connectivity index (χ3n) is 7.15. The van der Waals surface area contributed by atoms with Gasteiger partial charge >= 0.3 is 6.09 Å². The zero-order valence-electron chi connectivity index (χ0n) is 22.2. The second-order valence-corrected chi connectivity index (χ2v) is 10.3. The standard InChI is InChI=1S/C32H28ClFN4O3/c33-23-7-14-29-28(21-23)27-15-19-38(32(39)41-26-12-8-24(34)9-13-26)31(30(27)36-29)22-5-10-25(11-6-22)40-20-4-18-37-17-3-1-2-16-35-37/h2-3,5-14,17,21,31,36H,1,4,15,18-20H2. The van der Waals surface area contributed by atoms with Gasteiger partial charge in [0.1, 0.15) is 23.4 Å². The molecule has 7 nitrogen and oxygen atoms in total. The normalized spacial score (nSPS) is 16.1. The van der Waals surface area contributed by atoms with E-state index in [1.807, 2.05) is 65.8 Å². The zero-order chi connectivity index (χ0) is 28.2. The molecule has 1 atom stereocenters. The SMILES string of the molecule is O=C(Oc1ccc(F)cc1)N1CCc2c([nH]c3ccc(Cl)cc23)C1c1ccc(OCCCN2C=CCC=C=N2)cc1. The van der Waals surface area contributed by atoms with Gasteiger partial charge in [0, 0.05) is 53.2 Å². The van der Waals surface area contributed by atoms with Crippen LogP contribution in [0.4, 0.5) is 9.18 Å². The quantitative estimate of drug-likeness (QED) is 0.238. The van der Waals surface area contributed by atoms with Crippen molar-refractivity contribution in [1.29, 1.82) is 0 Å². The maximum atomic E-state index is 13.4. The van der Waals surface area contributed by atoms with Gasteiger partial charge in [0.2, 0.25) is 0 Å². The van der Waals surface area contributed by atoms with Crippen molar-refractivity contribution < 1.29 is 18.7 Å². The van der Waals surface area contributed by atoms with Crippen molar-refractivity contribution in [1.82, 2.24) is 14.9 Å². The van der Waals surface area contributed by atoms with Crippen molar-refractivity contribution in [2.24, 2.45) is 5.10 Å². The molecule has 1 aromatic heterocycles. The Morgan fingerprint density at radius 3 is 2.73 bits per heavy atom. The predicted octanol–water partition coefficient (Wildman–Crippen LogP) is 7.24. The summed E-state index contributed by atoms with van der Waals surface area (Å²) in [7, 11) is 0. The summed E-state index contributed by atoms with van der Waals surface area (Å²) < 4.78 is 25.0. The van der Waals surface area contributed by atoms with Crippen LogP contribution in [0, 0.1) is 5.82 Å². The third kappa shape index (κ3) is 5.99. The third-order valence-corrected chi connectivity index (χ3v) is 7.38. The van der Waals surface area contributed by atoms with Gasteiger partial charge < -0.3 is 14.5 Å². The lowest BCUT2D eigenvalue weighted by molar-refractivity contribution is 0.135. The predicted molar refractivity (Wildman–Crippen MR) is 157 cm³/mol. The number of carbonyl (C=O) groups is 1. The number of benzene rings is 3. The summed E-state index contributed by atoms with van der Waals surface area (Å²) in [5, 5.41) is 7.79. The van der Waals surface area contributed by atoms with Crippen molar-refractivity contribution in [3.8, 4) is 11.5 Å². The Labute approximate surface area is 242 Å². The monoisotopic (exact) mass is 570 g/mol. The summed E-state index contributed by atoms with van der Waals surface area (Å²) in [6, 6.07) is 18.5. The van der Waals surface area contributed by atoms with Crippen LogP contribution in [0.25, 0.3) is 10.9 Å². The molecule has 1 N–H and O–H groups in total. The molecule has 6 rings (SSSR count). The van der Waals surface area contributed by atoms with E-state index in [0.29, 0.717) is 24.6 Å². The van der Waals surface area contributed by atoms with E-state index in [2.05, 4.69) is 16.0 Å². The van der Waals surface area contributed by atoms with Crippen molar-refractivity contribution in [2.45, 2.75) is 25.3 Å². The Hall–Kier alpha value is -4.52. The summed E-state index contributed by atoms with van der Waals surface area (Å²) in [4.78, 5) is 18.7.